The molecule has 1 saturated carbocycles. The van der Waals surface area contributed by atoms with Crippen molar-refractivity contribution in [3.05, 3.63) is 0 Å². The van der Waals surface area contributed by atoms with Gasteiger partial charge in [0.05, 0.1) is 10.9 Å². The maximum absolute atomic E-state index is 12.5. The summed E-state index contributed by atoms with van der Waals surface area (Å²) in [6, 6.07) is 0.344. The molecule has 0 spiro atoms. The molecule has 0 aliphatic heterocycles. The predicted octanol–water partition coefficient (Wildman–Crippen LogP) is 2.97. The van der Waals surface area contributed by atoms with E-state index in [1.165, 1.54) is 12.8 Å². The number of nitrogens with two attached hydrogens (primary N) is 1. The Hall–Kier alpha value is -0.640. The third-order valence-electron chi connectivity index (χ3n) is 4.44. The van der Waals surface area contributed by atoms with E-state index in [0.717, 1.165) is 12.8 Å². The number of rotatable bonds is 4. The molecular formula is C15H28N2OS. The zero-order valence-corrected chi connectivity index (χ0v) is 13.7. The maximum atomic E-state index is 12.5. The van der Waals surface area contributed by atoms with E-state index in [0.29, 0.717) is 16.4 Å². The molecule has 4 heteroatoms. The molecule has 1 amide bonds. The van der Waals surface area contributed by atoms with Gasteiger partial charge < -0.3 is 10.6 Å². The molecule has 0 aromatic rings. The van der Waals surface area contributed by atoms with Gasteiger partial charge in [0.1, 0.15) is 0 Å². The first kappa shape index (κ1) is 16.4. The van der Waals surface area contributed by atoms with Crippen LogP contribution in [-0.2, 0) is 4.79 Å². The van der Waals surface area contributed by atoms with Crippen LogP contribution in [0.15, 0.2) is 0 Å². The number of amides is 1. The Kier molecular flexibility index (Phi) is 5.36. The van der Waals surface area contributed by atoms with Crippen LogP contribution in [0, 0.1) is 17.3 Å². The molecule has 3 nitrogen and oxygen atoms in total. The van der Waals surface area contributed by atoms with Crippen molar-refractivity contribution in [2.24, 2.45) is 23.0 Å². The van der Waals surface area contributed by atoms with Crippen molar-refractivity contribution >= 4 is 23.1 Å². The van der Waals surface area contributed by atoms with Crippen LogP contribution in [0.25, 0.3) is 0 Å². The monoisotopic (exact) mass is 284 g/mol. The molecule has 1 fully saturated rings. The molecule has 2 N–H and O–H groups in total. The van der Waals surface area contributed by atoms with E-state index in [2.05, 4.69) is 13.8 Å². The first-order valence-electron chi connectivity index (χ1n) is 7.21. The summed E-state index contributed by atoms with van der Waals surface area (Å²) >= 11 is 5.06. The summed E-state index contributed by atoms with van der Waals surface area (Å²) in [7, 11) is 1.90. The number of thiocarbonyl (C=S) groups is 1. The van der Waals surface area contributed by atoms with Crippen LogP contribution in [0.1, 0.15) is 53.4 Å². The van der Waals surface area contributed by atoms with Crippen LogP contribution in [-0.4, -0.2) is 28.9 Å². The maximum Gasteiger partial charge on any atom is 0.232 e. The smallest absolute Gasteiger partial charge is 0.232 e. The largest absolute Gasteiger partial charge is 0.393 e. The SMILES string of the molecule is CC(C)C(C(=O)N(C)C1CCC(C)(C)CC1)C(N)=S. The second kappa shape index (κ2) is 6.21. The minimum atomic E-state index is -0.324. The fraction of sp³-hybridized carbons (Fsp3) is 0.867. The lowest BCUT2D eigenvalue weighted by atomic mass is 9.75. The summed E-state index contributed by atoms with van der Waals surface area (Å²) in [6.07, 6.45) is 4.51. The predicted molar refractivity (Wildman–Crippen MR) is 83.9 cm³/mol. The summed E-state index contributed by atoms with van der Waals surface area (Å²) in [5, 5.41) is 0. The number of carbonyl (C=O) groups excluding carboxylic acids is 1. The molecular weight excluding hydrogens is 256 g/mol. The molecule has 1 atom stereocenters. The number of hydrogen-bond acceptors (Lipinski definition) is 2. The van der Waals surface area contributed by atoms with Gasteiger partial charge in [-0.2, -0.15) is 0 Å². The van der Waals surface area contributed by atoms with Gasteiger partial charge in [-0.1, -0.05) is 39.9 Å². The van der Waals surface area contributed by atoms with Gasteiger partial charge in [0, 0.05) is 13.1 Å². The number of nitrogens with zero attached hydrogens (tertiary/aromatic N) is 1. The quantitative estimate of drug-likeness (QED) is 0.807. The van der Waals surface area contributed by atoms with Gasteiger partial charge in [0.25, 0.3) is 0 Å². The lowest BCUT2D eigenvalue weighted by Gasteiger charge is -2.40. The molecule has 1 aliphatic rings. The van der Waals surface area contributed by atoms with Crippen molar-refractivity contribution < 1.29 is 4.79 Å². The van der Waals surface area contributed by atoms with Crippen LogP contribution < -0.4 is 5.73 Å². The molecule has 0 heterocycles. The van der Waals surface area contributed by atoms with E-state index in [-0.39, 0.29) is 17.7 Å². The second-order valence-electron chi connectivity index (χ2n) is 6.97. The topological polar surface area (TPSA) is 46.3 Å². The molecule has 19 heavy (non-hydrogen) atoms. The summed E-state index contributed by atoms with van der Waals surface area (Å²) in [5.74, 6) is -0.0744. The van der Waals surface area contributed by atoms with Crippen molar-refractivity contribution in [1.29, 1.82) is 0 Å². The molecule has 0 saturated heterocycles. The molecule has 1 unspecified atom stereocenters. The second-order valence-corrected chi connectivity index (χ2v) is 7.44. The van der Waals surface area contributed by atoms with E-state index in [4.69, 9.17) is 18.0 Å². The Morgan fingerprint density at radius 1 is 1.32 bits per heavy atom. The number of hydrogen-bond donors (Lipinski definition) is 1. The Balaban J connectivity index is 2.69. The molecule has 0 radical (unpaired) electrons. The Bertz CT molecular complexity index is 342. The minimum Gasteiger partial charge on any atom is -0.393 e. The van der Waals surface area contributed by atoms with E-state index in [1.807, 2.05) is 25.8 Å². The fourth-order valence-corrected chi connectivity index (χ4v) is 3.28. The highest BCUT2D eigenvalue weighted by Gasteiger charge is 2.34. The minimum absolute atomic E-state index is 0.0900. The van der Waals surface area contributed by atoms with E-state index in [1.54, 1.807) is 0 Å². The molecule has 0 bridgehead atoms. The molecule has 0 aromatic heterocycles. The van der Waals surface area contributed by atoms with Crippen molar-refractivity contribution in [3.63, 3.8) is 0 Å². The van der Waals surface area contributed by atoms with Gasteiger partial charge in [-0.25, -0.2) is 0 Å². The van der Waals surface area contributed by atoms with Crippen molar-refractivity contribution in [2.75, 3.05) is 7.05 Å². The average molecular weight is 284 g/mol. The summed E-state index contributed by atoms with van der Waals surface area (Å²) < 4.78 is 0. The first-order valence-corrected chi connectivity index (χ1v) is 7.62. The van der Waals surface area contributed by atoms with Gasteiger partial charge >= 0.3 is 0 Å². The van der Waals surface area contributed by atoms with Crippen LogP contribution >= 0.6 is 12.2 Å². The normalized spacial score (nSPS) is 21.2. The highest BCUT2D eigenvalue weighted by Crippen LogP contribution is 2.37. The van der Waals surface area contributed by atoms with Crippen LogP contribution in [0.3, 0.4) is 0 Å². The summed E-state index contributed by atoms with van der Waals surface area (Å²) in [6.45, 7) is 8.60. The fourth-order valence-electron chi connectivity index (χ4n) is 2.91. The highest BCUT2D eigenvalue weighted by molar-refractivity contribution is 7.80. The number of carbonyl (C=O) groups is 1. The summed E-state index contributed by atoms with van der Waals surface area (Å²) in [5.41, 5.74) is 6.15. The Morgan fingerprint density at radius 2 is 1.79 bits per heavy atom. The average Bonchev–Trinajstić information content (AvgIpc) is 2.27. The van der Waals surface area contributed by atoms with Crippen molar-refractivity contribution in [3.8, 4) is 0 Å². The summed E-state index contributed by atoms with van der Waals surface area (Å²) in [4.78, 5) is 14.8. The lowest BCUT2D eigenvalue weighted by Crippen LogP contribution is -2.47. The van der Waals surface area contributed by atoms with Gasteiger partial charge in [-0.15, -0.1) is 0 Å². The van der Waals surface area contributed by atoms with E-state index < -0.39 is 0 Å². The third-order valence-corrected chi connectivity index (χ3v) is 4.70. The van der Waals surface area contributed by atoms with Crippen LogP contribution in [0.5, 0.6) is 0 Å². The van der Waals surface area contributed by atoms with Gasteiger partial charge in [-0.3, -0.25) is 4.79 Å². The Morgan fingerprint density at radius 3 is 2.16 bits per heavy atom. The first-order chi connectivity index (χ1) is 8.65. The van der Waals surface area contributed by atoms with Crippen molar-refractivity contribution in [2.45, 2.75) is 59.4 Å². The van der Waals surface area contributed by atoms with E-state index >= 15 is 0 Å². The van der Waals surface area contributed by atoms with Crippen LogP contribution in [0.4, 0.5) is 0 Å². The van der Waals surface area contributed by atoms with Gasteiger partial charge in [-0.05, 0) is 37.0 Å². The lowest BCUT2D eigenvalue weighted by molar-refractivity contribution is -0.136. The molecule has 110 valence electrons. The molecule has 1 rings (SSSR count). The zero-order chi connectivity index (χ0) is 14.8. The van der Waals surface area contributed by atoms with Crippen LogP contribution in [0.2, 0.25) is 0 Å². The van der Waals surface area contributed by atoms with Crippen molar-refractivity contribution in [1.82, 2.24) is 4.90 Å². The zero-order valence-electron chi connectivity index (χ0n) is 12.9. The van der Waals surface area contributed by atoms with E-state index in [9.17, 15) is 4.79 Å². The molecule has 0 aromatic carbocycles. The Labute approximate surface area is 122 Å². The van der Waals surface area contributed by atoms with Gasteiger partial charge in [0.15, 0.2) is 0 Å². The third kappa shape index (κ3) is 4.16. The molecule has 1 aliphatic carbocycles. The van der Waals surface area contributed by atoms with Gasteiger partial charge in [0.2, 0.25) is 5.91 Å². The highest BCUT2D eigenvalue weighted by atomic mass is 32.1. The standard InChI is InChI=1S/C15H28N2OS/c1-10(2)12(13(16)19)14(18)17(5)11-6-8-15(3,4)9-7-11/h10-12H,6-9H2,1-5H3,(H2,16,19).